The number of sulfone groups is 1. The molecule has 0 saturated heterocycles. The van der Waals surface area contributed by atoms with E-state index in [2.05, 4.69) is 4.98 Å². The summed E-state index contributed by atoms with van der Waals surface area (Å²) in [7, 11) is -3.43. The van der Waals surface area contributed by atoms with Crippen LogP contribution in [0.4, 0.5) is 5.69 Å². The van der Waals surface area contributed by atoms with Gasteiger partial charge in [-0.3, -0.25) is 0 Å². The molecule has 0 bridgehead atoms. The standard InChI is InChI=1S/C12H14N2O2S2/c1-8-3-4-12(11(13)5-8)18(15,16)7-10-6-17-9(2)14-10/h3-6H,7,13H2,1-2H3. The highest BCUT2D eigenvalue weighted by atomic mass is 32.2. The van der Waals surface area contributed by atoms with Crippen LogP contribution in [0.25, 0.3) is 0 Å². The molecular formula is C12H14N2O2S2. The fourth-order valence-corrected chi connectivity index (χ4v) is 3.80. The maximum atomic E-state index is 12.2. The molecule has 0 fully saturated rings. The number of hydrogen-bond donors (Lipinski definition) is 1. The minimum absolute atomic E-state index is 0.107. The van der Waals surface area contributed by atoms with Crippen molar-refractivity contribution in [2.24, 2.45) is 0 Å². The van der Waals surface area contributed by atoms with E-state index >= 15 is 0 Å². The first-order valence-electron chi connectivity index (χ1n) is 5.38. The van der Waals surface area contributed by atoms with Crippen molar-refractivity contribution in [2.75, 3.05) is 5.73 Å². The van der Waals surface area contributed by atoms with Crippen LogP contribution in [-0.2, 0) is 15.6 Å². The van der Waals surface area contributed by atoms with E-state index in [0.717, 1.165) is 10.6 Å². The molecule has 2 N–H and O–H groups in total. The number of benzene rings is 1. The fourth-order valence-electron chi connectivity index (χ4n) is 1.70. The van der Waals surface area contributed by atoms with Crippen LogP contribution >= 0.6 is 11.3 Å². The van der Waals surface area contributed by atoms with Crippen LogP contribution in [0.3, 0.4) is 0 Å². The van der Waals surface area contributed by atoms with E-state index in [9.17, 15) is 8.42 Å². The average Bonchev–Trinajstić information content (AvgIpc) is 2.62. The third-order valence-corrected chi connectivity index (χ3v) is 5.04. The molecule has 4 nitrogen and oxygen atoms in total. The number of rotatable bonds is 3. The first kappa shape index (κ1) is 13.0. The molecule has 1 aromatic heterocycles. The first-order valence-corrected chi connectivity index (χ1v) is 7.91. The first-order chi connectivity index (χ1) is 8.38. The SMILES string of the molecule is Cc1ccc(S(=O)(=O)Cc2csc(C)n2)c(N)c1. The number of hydrogen-bond acceptors (Lipinski definition) is 5. The van der Waals surface area contributed by atoms with E-state index in [1.807, 2.05) is 13.8 Å². The van der Waals surface area contributed by atoms with Crippen LogP contribution in [0.5, 0.6) is 0 Å². The van der Waals surface area contributed by atoms with Crippen molar-refractivity contribution in [1.82, 2.24) is 4.98 Å². The lowest BCUT2D eigenvalue weighted by atomic mass is 10.2. The zero-order chi connectivity index (χ0) is 13.3. The molecule has 0 spiro atoms. The lowest BCUT2D eigenvalue weighted by Crippen LogP contribution is -2.08. The molecular weight excluding hydrogens is 268 g/mol. The van der Waals surface area contributed by atoms with Crippen LogP contribution in [0, 0.1) is 13.8 Å². The van der Waals surface area contributed by atoms with Crippen molar-refractivity contribution >= 4 is 26.9 Å². The smallest absolute Gasteiger partial charge is 0.186 e. The zero-order valence-corrected chi connectivity index (χ0v) is 11.8. The molecule has 0 atom stereocenters. The molecule has 0 unspecified atom stereocenters. The quantitative estimate of drug-likeness (QED) is 0.877. The van der Waals surface area contributed by atoms with Gasteiger partial charge in [0.05, 0.1) is 27.0 Å². The molecule has 2 rings (SSSR count). The molecule has 2 aromatic rings. The molecule has 18 heavy (non-hydrogen) atoms. The van der Waals surface area contributed by atoms with Crippen LogP contribution in [0.15, 0.2) is 28.5 Å². The minimum atomic E-state index is -3.43. The molecule has 0 aliphatic heterocycles. The maximum Gasteiger partial charge on any atom is 0.186 e. The van der Waals surface area contributed by atoms with Crippen molar-refractivity contribution < 1.29 is 8.42 Å². The Morgan fingerprint density at radius 2 is 2.06 bits per heavy atom. The van der Waals surface area contributed by atoms with Gasteiger partial charge in [0, 0.05) is 5.38 Å². The van der Waals surface area contributed by atoms with E-state index in [1.54, 1.807) is 23.6 Å². The lowest BCUT2D eigenvalue weighted by Gasteiger charge is -2.07. The summed E-state index contributed by atoms with van der Waals surface area (Å²) in [6.07, 6.45) is 0. The second-order valence-corrected chi connectivity index (χ2v) is 7.18. The Labute approximate surface area is 110 Å². The monoisotopic (exact) mass is 282 g/mol. The van der Waals surface area contributed by atoms with Crippen LogP contribution in [0.2, 0.25) is 0 Å². The molecule has 0 amide bonds. The zero-order valence-electron chi connectivity index (χ0n) is 10.2. The van der Waals surface area contributed by atoms with Crippen LogP contribution in [0.1, 0.15) is 16.3 Å². The number of nitrogens with zero attached hydrogens (tertiary/aromatic N) is 1. The van der Waals surface area contributed by atoms with E-state index in [4.69, 9.17) is 5.73 Å². The highest BCUT2D eigenvalue weighted by molar-refractivity contribution is 7.90. The summed E-state index contributed by atoms with van der Waals surface area (Å²) in [6, 6.07) is 4.97. The van der Waals surface area contributed by atoms with Gasteiger partial charge in [0.25, 0.3) is 0 Å². The number of aryl methyl sites for hydroxylation is 2. The third kappa shape index (κ3) is 2.70. The average molecular weight is 282 g/mol. The van der Waals surface area contributed by atoms with Crippen molar-refractivity contribution in [2.45, 2.75) is 24.5 Å². The molecule has 1 aromatic carbocycles. The summed E-state index contributed by atoms with van der Waals surface area (Å²) in [5.74, 6) is -0.107. The lowest BCUT2D eigenvalue weighted by molar-refractivity contribution is 0.595. The number of aromatic nitrogens is 1. The van der Waals surface area contributed by atoms with Crippen molar-refractivity contribution in [3.8, 4) is 0 Å². The van der Waals surface area contributed by atoms with Crippen molar-refractivity contribution in [3.05, 3.63) is 39.8 Å². The summed E-state index contributed by atoms with van der Waals surface area (Å²) in [6.45, 7) is 3.72. The third-order valence-electron chi connectivity index (χ3n) is 2.50. The predicted octanol–water partition coefficient (Wildman–Crippen LogP) is 2.32. The number of nitrogens with two attached hydrogens (primary N) is 1. The van der Waals surface area contributed by atoms with E-state index < -0.39 is 9.84 Å². The van der Waals surface area contributed by atoms with Crippen molar-refractivity contribution in [3.63, 3.8) is 0 Å². The maximum absolute atomic E-state index is 12.2. The number of thiazole rings is 1. The second kappa shape index (κ2) is 4.70. The van der Waals surface area contributed by atoms with Gasteiger partial charge in [0.1, 0.15) is 0 Å². The molecule has 0 aliphatic carbocycles. The Balaban J connectivity index is 2.36. The summed E-state index contributed by atoms with van der Waals surface area (Å²) < 4.78 is 24.5. The molecule has 0 radical (unpaired) electrons. The second-order valence-electron chi connectivity index (χ2n) is 4.16. The van der Waals surface area contributed by atoms with Gasteiger partial charge in [0.2, 0.25) is 0 Å². The summed E-state index contributed by atoms with van der Waals surface area (Å²) in [5, 5.41) is 2.62. The Hall–Kier alpha value is -1.40. The minimum Gasteiger partial charge on any atom is -0.398 e. The topological polar surface area (TPSA) is 73.0 Å². The largest absolute Gasteiger partial charge is 0.398 e. The molecule has 1 heterocycles. The van der Waals surface area contributed by atoms with Gasteiger partial charge in [0.15, 0.2) is 9.84 Å². The Bertz CT molecular complexity index is 675. The summed E-state index contributed by atoms with van der Waals surface area (Å²) in [4.78, 5) is 4.35. The van der Waals surface area contributed by atoms with E-state index in [-0.39, 0.29) is 10.6 Å². The van der Waals surface area contributed by atoms with Crippen molar-refractivity contribution in [1.29, 1.82) is 0 Å². The molecule has 6 heteroatoms. The van der Waals surface area contributed by atoms with Gasteiger partial charge in [-0.25, -0.2) is 13.4 Å². The van der Waals surface area contributed by atoms with E-state index in [1.165, 1.54) is 11.3 Å². The van der Waals surface area contributed by atoms with Crippen LogP contribution in [-0.4, -0.2) is 13.4 Å². The van der Waals surface area contributed by atoms with Gasteiger partial charge in [-0.1, -0.05) is 6.07 Å². The highest BCUT2D eigenvalue weighted by Crippen LogP contribution is 2.24. The van der Waals surface area contributed by atoms with Gasteiger partial charge in [-0.15, -0.1) is 11.3 Å². The molecule has 0 saturated carbocycles. The Morgan fingerprint density at radius 1 is 1.33 bits per heavy atom. The predicted molar refractivity (Wildman–Crippen MR) is 73.3 cm³/mol. The normalized spacial score (nSPS) is 11.7. The Kier molecular flexibility index (Phi) is 3.41. The molecule has 96 valence electrons. The summed E-state index contributed by atoms with van der Waals surface area (Å²) in [5.41, 5.74) is 7.57. The van der Waals surface area contributed by atoms with Gasteiger partial charge < -0.3 is 5.73 Å². The van der Waals surface area contributed by atoms with Crippen LogP contribution < -0.4 is 5.73 Å². The highest BCUT2D eigenvalue weighted by Gasteiger charge is 2.19. The summed E-state index contributed by atoms with van der Waals surface area (Å²) >= 11 is 1.44. The number of nitrogen functional groups attached to an aromatic ring is 1. The van der Waals surface area contributed by atoms with E-state index in [0.29, 0.717) is 11.4 Å². The fraction of sp³-hybridized carbons (Fsp3) is 0.250. The van der Waals surface area contributed by atoms with Gasteiger partial charge in [-0.2, -0.15) is 0 Å². The Morgan fingerprint density at radius 3 is 2.61 bits per heavy atom. The molecule has 0 aliphatic rings. The van der Waals surface area contributed by atoms with Gasteiger partial charge >= 0.3 is 0 Å². The number of anilines is 1. The van der Waals surface area contributed by atoms with Gasteiger partial charge in [-0.05, 0) is 31.5 Å².